The standard InChI is InChI=1S/C15H25N3O/c1-17(2)11-8-10-16-15(19)9-4-7-14-18-12-5-3-6-13-18/h3,5-6,12-13H,4,7-11,14H2,1-2H3/p+1. The number of aromatic nitrogens is 1. The van der Waals surface area contributed by atoms with Gasteiger partial charge in [-0.1, -0.05) is 6.07 Å². The maximum absolute atomic E-state index is 11.6. The first kappa shape index (κ1) is 15.6. The van der Waals surface area contributed by atoms with Gasteiger partial charge in [0.25, 0.3) is 0 Å². The van der Waals surface area contributed by atoms with Crippen LogP contribution in [-0.2, 0) is 11.3 Å². The van der Waals surface area contributed by atoms with E-state index in [1.54, 1.807) is 0 Å². The zero-order valence-electron chi connectivity index (χ0n) is 12.1. The molecule has 0 aliphatic rings. The van der Waals surface area contributed by atoms with Crippen molar-refractivity contribution in [3.05, 3.63) is 30.6 Å². The summed E-state index contributed by atoms with van der Waals surface area (Å²) in [7, 11) is 4.09. The van der Waals surface area contributed by atoms with E-state index in [9.17, 15) is 4.79 Å². The molecule has 4 nitrogen and oxygen atoms in total. The fourth-order valence-electron chi connectivity index (χ4n) is 1.87. The monoisotopic (exact) mass is 264 g/mol. The third-order valence-corrected chi connectivity index (χ3v) is 2.95. The molecular formula is C15H26N3O+. The lowest BCUT2D eigenvalue weighted by Gasteiger charge is -2.09. The maximum Gasteiger partial charge on any atom is 0.219 e. The van der Waals surface area contributed by atoms with Crippen molar-refractivity contribution in [2.45, 2.75) is 32.2 Å². The molecule has 1 aromatic heterocycles. The number of pyridine rings is 1. The average Bonchev–Trinajstić information content (AvgIpc) is 2.41. The minimum Gasteiger partial charge on any atom is -0.356 e. The second kappa shape index (κ2) is 9.50. The Kier molecular flexibility index (Phi) is 7.82. The predicted molar refractivity (Wildman–Crippen MR) is 76.7 cm³/mol. The van der Waals surface area contributed by atoms with Crippen molar-refractivity contribution in [1.82, 2.24) is 10.2 Å². The number of nitrogens with one attached hydrogen (secondary N) is 1. The summed E-state index contributed by atoms with van der Waals surface area (Å²) in [4.78, 5) is 13.7. The van der Waals surface area contributed by atoms with Gasteiger partial charge in [-0.05, 0) is 33.5 Å². The first-order valence-electron chi connectivity index (χ1n) is 7.04. The zero-order valence-corrected chi connectivity index (χ0v) is 12.1. The minimum absolute atomic E-state index is 0.178. The van der Waals surface area contributed by atoms with E-state index in [0.29, 0.717) is 6.42 Å². The van der Waals surface area contributed by atoms with Gasteiger partial charge in [0.05, 0.1) is 0 Å². The molecule has 0 atom stereocenters. The molecule has 106 valence electrons. The van der Waals surface area contributed by atoms with Gasteiger partial charge in [0.2, 0.25) is 5.91 Å². The Balaban J connectivity index is 1.98. The van der Waals surface area contributed by atoms with Crippen LogP contribution in [0.3, 0.4) is 0 Å². The molecule has 1 aromatic rings. The van der Waals surface area contributed by atoms with Gasteiger partial charge in [0, 0.05) is 31.5 Å². The van der Waals surface area contributed by atoms with E-state index in [2.05, 4.69) is 27.2 Å². The summed E-state index contributed by atoms with van der Waals surface area (Å²) in [5, 5.41) is 2.96. The predicted octanol–water partition coefficient (Wildman–Crippen LogP) is 1.21. The SMILES string of the molecule is CN(C)CCCNC(=O)CCCC[n+]1ccccc1. The van der Waals surface area contributed by atoms with E-state index in [0.717, 1.165) is 38.9 Å². The van der Waals surface area contributed by atoms with Crippen molar-refractivity contribution < 1.29 is 9.36 Å². The maximum atomic E-state index is 11.6. The van der Waals surface area contributed by atoms with Crippen LogP contribution in [0.5, 0.6) is 0 Å². The number of carbonyl (C=O) groups excluding carboxylic acids is 1. The second-order valence-corrected chi connectivity index (χ2v) is 5.08. The summed E-state index contributed by atoms with van der Waals surface area (Å²) in [5.74, 6) is 0.178. The van der Waals surface area contributed by atoms with Gasteiger partial charge in [-0.3, -0.25) is 4.79 Å². The number of hydrogen-bond donors (Lipinski definition) is 1. The molecule has 0 fully saturated rings. The number of aryl methyl sites for hydroxylation is 1. The van der Waals surface area contributed by atoms with E-state index in [1.165, 1.54) is 0 Å². The van der Waals surface area contributed by atoms with Crippen molar-refractivity contribution in [2.24, 2.45) is 0 Å². The Bertz CT molecular complexity index is 352. The molecule has 0 radical (unpaired) electrons. The van der Waals surface area contributed by atoms with Gasteiger partial charge in [0.1, 0.15) is 6.54 Å². The normalized spacial score (nSPS) is 10.7. The van der Waals surface area contributed by atoms with Crippen LogP contribution in [0.1, 0.15) is 25.7 Å². The lowest BCUT2D eigenvalue weighted by atomic mass is 10.2. The molecule has 19 heavy (non-hydrogen) atoms. The molecule has 0 aliphatic carbocycles. The number of rotatable bonds is 9. The highest BCUT2D eigenvalue weighted by Gasteiger charge is 2.02. The first-order chi connectivity index (χ1) is 9.18. The van der Waals surface area contributed by atoms with Gasteiger partial charge in [-0.25, -0.2) is 4.57 Å². The van der Waals surface area contributed by atoms with Crippen molar-refractivity contribution in [3.63, 3.8) is 0 Å². The Hall–Kier alpha value is -1.42. The van der Waals surface area contributed by atoms with Crippen LogP contribution in [-0.4, -0.2) is 38.0 Å². The van der Waals surface area contributed by atoms with Crippen molar-refractivity contribution >= 4 is 5.91 Å². The number of amides is 1. The lowest BCUT2D eigenvalue weighted by Crippen LogP contribution is -2.32. The third kappa shape index (κ3) is 8.32. The molecule has 1 amide bonds. The molecule has 1 N–H and O–H groups in total. The molecule has 0 bridgehead atoms. The Morgan fingerprint density at radius 1 is 1.11 bits per heavy atom. The molecule has 0 saturated heterocycles. The van der Waals surface area contributed by atoms with E-state index in [4.69, 9.17) is 0 Å². The highest BCUT2D eigenvalue weighted by Crippen LogP contribution is 1.95. The molecular weight excluding hydrogens is 238 g/mol. The molecule has 4 heteroatoms. The highest BCUT2D eigenvalue weighted by atomic mass is 16.1. The Morgan fingerprint density at radius 3 is 2.53 bits per heavy atom. The van der Waals surface area contributed by atoms with Gasteiger partial charge < -0.3 is 10.2 Å². The molecule has 1 heterocycles. The van der Waals surface area contributed by atoms with E-state index < -0.39 is 0 Å². The van der Waals surface area contributed by atoms with Gasteiger partial charge in [0.15, 0.2) is 12.4 Å². The summed E-state index contributed by atoms with van der Waals surface area (Å²) < 4.78 is 2.15. The van der Waals surface area contributed by atoms with Gasteiger partial charge in [-0.2, -0.15) is 0 Å². The fourth-order valence-corrected chi connectivity index (χ4v) is 1.87. The van der Waals surface area contributed by atoms with E-state index >= 15 is 0 Å². The summed E-state index contributed by atoms with van der Waals surface area (Å²) in [5.41, 5.74) is 0. The van der Waals surface area contributed by atoms with E-state index in [-0.39, 0.29) is 5.91 Å². The molecule has 0 aliphatic heterocycles. The molecule has 0 unspecified atom stereocenters. The number of nitrogens with zero attached hydrogens (tertiary/aromatic N) is 2. The molecule has 1 rings (SSSR count). The van der Waals surface area contributed by atoms with Crippen LogP contribution in [0.4, 0.5) is 0 Å². The zero-order chi connectivity index (χ0) is 13.9. The number of carbonyl (C=O) groups is 1. The smallest absolute Gasteiger partial charge is 0.219 e. The summed E-state index contributed by atoms with van der Waals surface area (Å²) in [6.45, 7) is 2.78. The van der Waals surface area contributed by atoms with Crippen LogP contribution in [0.2, 0.25) is 0 Å². The van der Waals surface area contributed by atoms with Crippen LogP contribution in [0, 0.1) is 0 Å². The van der Waals surface area contributed by atoms with Crippen LogP contribution in [0.15, 0.2) is 30.6 Å². The summed E-state index contributed by atoms with van der Waals surface area (Å²) >= 11 is 0. The Morgan fingerprint density at radius 2 is 1.84 bits per heavy atom. The van der Waals surface area contributed by atoms with Crippen LogP contribution >= 0.6 is 0 Å². The van der Waals surface area contributed by atoms with Gasteiger partial charge >= 0.3 is 0 Å². The average molecular weight is 264 g/mol. The lowest BCUT2D eigenvalue weighted by molar-refractivity contribution is -0.697. The number of hydrogen-bond acceptors (Lipinski definition) is 2. The van der Waals surface area contributed by atoms with Crippen molar-refractivity contribution in [1.29, 1.82) is 0 Å². The molecule has 0 saturated carbocycles. The van der Waals surface area contributed by atoms with Gasteiger partial charge in [-0.15, -0.1) is 0 Å². The van der Waals surface area contributed by atoms with Crippen LogP contribution < -0.4 is 9.88 Å². The molecule has 0 spiro atoms. The molecule has 0 aromatic carbocycles. The van der Waals surface area contributed by atoms with Crippen LogP contribution in [0.25, 0.3) is 0 Å². The Labute approximate surface area is 116 Å². The largest absolute Gasteiger partial charge is 0.356 e. The summed E-state index contributed by atoms with van der Waals surface area (Å²) in [6.07, 6.45) is 7.75. The van der Waals surface area contributed by atoms with Crippen molar-refractivity contribution in [3.8, 4) is 0 Å². The third-order valence-electron chi connectivity index (χ3n) is 2.95. The quantitative estimate of drug-likeness (QED) is 0.538. The first-order valence-corrected chi connectivity index (χ1v) is 7.04. The highest BCUT2D eigenvalue weighted by molar-refractivity contribution is 5.75. The fraction of sp³-hybridized carbons (Fsp3) is 0.600. The minimum atomic E-state index is 0.178. The second-order valence-electron chi connectivity index (χ2n) is 5.08. The van der Waals surface area contributed by atoms with E-state index in [1.807, 2.05) is 32.3 Å². The summed E-state index contributed by atoms with van der Waals surface area (Å²) in [6, 6.07) is 6.06. The topological polar surface area (TPSA) is 36.2 Å². The van der Waals surface area contributed by atoms with Crippen molar-refractivity contribution in [2.75, 3.05) is 27.2 Å². The number of unbranched alkanes of at least 4 members (excludes halogenated alkanes) is 1.